The van der Waals surface area contributed by atoms with Gasteiger partial charge in [-0.2, -0.15) is 0 Å². The smallest absolute Gasteiger partial charge is 0.255 e. The lowest BCUT2D eigenvalue weighted by atomic mass is 10.1. The van der Waals surface area contributed by atoms with Crippen molar-refractivity contribution in [3.05, 3.63) is 42.5 Å². The molecule has 0 fully saturated rings. The summed E-state index contributed by atoms with van der Waals surface area (Å²) in [5, 5.41) is 14.4. The first-order valence-corrected chi connectivity index (χ1v) is 6.40. The number of fused-ring (bicyclic) bond motifs is 3. The Hall–Kier alpha value is -2.33. The van der Waals surface area contributed by atoms with Crippen LogP contribution in [0.5, 0.6) is 0 Å². The van der Waals surface area contributed by atoms with Gasteiger partial charge in [0, 0.05) is 22.5 Å². The van der Waals surface area contributed by atoms with Crippen LogP contribution in [0.4, 0.5) is 5.69 Å². The third kappa shape index (κ3) is 2.14. The van der Waals surface area contributed by atoms with Crippen LogP contribution in [0, 0.1) is 0 Å². The largest absolute Gasteiger partial charge is 0.456 e. The van der Waals surface area contributed by atoms with Crippen molar-refractivity contribution in [2.75, 3.05) is 5.32 Å². The highest BCUT2D eigenvalue weighted by Gasteiger charge is 2.23. The Kier molecular flexibility index (Phi) is 2.76. The zero-order valence-corrected chi connectivity index (χ0v) is 11.3. The summed E-state index contributed by atoms with van der Waals surface area (Å²) in [7, 11) is 0. The topological polar surface area (TPSA) is 62.5 Å². The molecule has 0 unspecified atom stereocenters. The molecule has 20 heavy (non-hydrogen) atoms. The summed E-state index contributed by atoms with van der Waals surface area (Å²) < 4.78 is 5.75. The van der Waals surface area contributed by atoms with Gasteiger partial charge in [-0.15, -0.1) is 0 Å². The summed E-state index contributed by atoms with van der Waals surface area (Å²) >= 11 is 0. The van der Waals surface area contributed by atoms with Gasteiger partial charge >= 0.3 is 0 Å². The lowest BCUT2D eigenvalue weighted by Gasteiger charge is -2.16. The number of nitrogens with one attached hydrogen (secondary N) is 1. The second-order valence-corrected chi connectivity index (χ2v) is 5.32. The van der Waals surface area contributed by atoms with Crippen LogP contribution < -0.4 is 5.32 Å². The number of amides is 1. The molecule has 1 amide bonds. The number of carbonyl (C=O) groups excluding carboxylic acids is 1. The van der Waals surface area contributed by atoms with Crippen molar-refractivity contribution in [2.24, 2.45) is 0 Å². The Morgan fingerprint density at radius 2 is 1.80 bits per heavy atom. The van der Waals surface area contributed by atoms with Crippen LogP contribution >= 0.6 is 0 Å². The normalized spacial score (nSPS) is 11.9. The molecule has 0 saturated heterocycles. The maximum atomic E-state index is 11.8. The first-order chi connectivity index (χ1) is 9.45. The molecule has 1 aromatic heterocycles. The van der Waals surface area contributed by atoms with Gasteiger partial charge in [-0.05, 0) is 32.0 Å². The quantitative estimate of drug-likeness (QED) is 0.750. The van der Waals surface area contributed by atoms with Gasteiger partial charge < -0.3 is 14.8 Å². The minimum absolute atomic E-state index is 0.451. The van der Waals surface area contributed by atoms with Crippen molar-refractivity contribution in [2.45, 2.75) is 19.4 Å². The number of rotatable bonds is 2. The molecule has 0 radical (unpaired) electrons. The van der Waals surface area contributed by atoms with Crippen molar-refractivity contribution in [1.82, 2.24) is 0 Å². The summed E-state index contributed by atoms with van der Waals surface area (Å²) in [6, 6.07) is 13.2. The van der Waals surface area contributed by atoms with Crippen molar-refractivity contribution in [3.8, 4) is 0 Å². The van der Waals surface area contributed by atoms with Crippen LogP contribution in [-0.2, 0) is 4.79 Å². The average molecular weight is 269 g/mol. The van der Waals surface area contributed by atoms with E-state index in [2.05, 4.69) is 5.32 Å². The number of furan rings is 1. The molecule has 0 aliphatic rings. The lowest BCUT2D eigenvalue weighted by molar-refractivity contribution is -0.130. The van der Waals surface area contributed by atoms with E-state index in [9.17, 15) is 9.90 Å². The van der Waals surface area contributed by atoms with Crippen LogP contribution in [-0.4, -0.2) is 16.6 Å². The van der Waals surface area contributed by atoms with E-state index >= 15 is 0 Å². The number of anilines is 1. The molecule has 0 aliphatic heterocycles. The van der Waals surface area contributed by atoms with Gasteiger partial charge in [-0.25, -0.2) is 0 Å². The molecule has 4 nitrogen and oxygen atoms in total. The summed E-state index contributed by atoms with van der Waals surface area (Å²) in [6.07, 6.45) is 0. The number of carbonyl (C=O) groups is 1. The second kappa shape index (κ2) is 4.35. The van der Waals surface area contributed by atoms with Crippen molar-refractivity contribution < 1.29 is 14.3 Å². The Morgan fingerprint density at radius 1 is 1.10 bits per heavy atom. The van der Waals surface area contributed by atoms with Gasteiger partial charge in [0.05, 0.1) is 0 Å². The van der Waals surface area contributed by atoms with E-state index in [0.29, 0.717) is 11.3 Å². The molecule has 0 saturated carbocycles. The van der Waals surface area contributed by atoms with Crippen LogP contribution in [0.1, 0.15) is 13.8 Å². The predicted molar refractivity (Wildman–Crippen MR) is 78.6 cm³/mol. The fourth-order valence-electron chi connectivity index (χ4n) is 2.09. The minimum atomic E-state index is -1.41. The molecule has 4 heteroatoms. The minimum Gasteiger partial charge on any atom is -0.456 e. The second-order valence-electron chi connectivity index (χ2n) is 5.32. The van der Waals surface area contributed by atoms with Gasteiger partial charge in [0.25, 0.3) is 5.91 Å². The zero-order chi connectivity index (χ0) is 14.3. The summed E-state index contributed by atoms with van der Waals surface area (Å²) in [5.41, 5.74) is 0.708. The average Bonchev–Trinajstić information content (AvgIpc) is 2.75. The number of hydrogen-bond acceptors (Lipinski definition) is 3. The molecule has 1 heterocycles. The molecule has 0 bridgehead atoms. The number of hydrogen-bond donors (Lipinski definition) is 2. The van der Waals surface area contributed by atoms with E-state index in [1.165, 1.54) is 13.8 Å². The van der Waals surface area contributed by atoms with E-state index in [-0.39, 0.29) is 0 Å². The van der Waals surface area contributed by atoms with Crippen molar-refractivity contribution in [1.29, 1.82) is 0 Å². The Morgan fingerprint density at radius 3 is 2.55 bits per heavy atom. The fraction of sp³-hybridized carbons (Fsp3) is 0.188. The molecule has 2 N–H and O–H groups in total. The first-order valence-electron chi connectivity index (χ1n) is 6.40. The highest BCUT2D eigenvalue weighted by Crippen LogP contribution is 2.30. The standard InChI is InChI=1S/C16H15NO3/c1-16(2,19)15(18)17-10-7-8-12-11-5-3-4-6-13(11)20-14(12)9-10/h3-9,19H,1-2H3,(H,17,18). The fourth-order valence-corrected chi connectivity index (χ4v) is 2.09. The molecule has 2 aromatic carbocycles. The molecule has 3 aromatic rings. The van der Waals surface area contributed by atoms with E-state index < -0.39 is 11.5 Å². The molecule has 0 aliphatic carbocycles. The molecule has 102 valence electrons. The molecule has 0 atom stereocenters. The number of aliphatic hydroxyl groups is 1. The van der Waals surface area contributed by atoms with Gasteiger partial charge in [0.2, 0.25) is 0 Å². The van der Waals surface area contributed by atoms with Gasteiger partial charge in [0.15, 0.2) is 0 Å². The van der Waals surface area contributed by atoms with Crippen LogP contribution in [0.3, 0.4) is 0 Å². The summed E-state index contributed by atoms with van der Waals surface area (Å²) in [4.78, 5) is 11.8. The zero-order valence-electron chi connectivity index (χ0n) is 11.3. The van der Waals surface area contributed by atoms with E-state index in [4.69, 9.17) is 4.42 Å². The predicted octanol–water partition coefficient (Wildman–Crippen LogP) is 3.30. The molecule has 3 rings (SSSR count). The van der Waals surface area contributed by atoms with Crippen molar-refractivity contribution in [3.63, 3.8) is 0 Å². The summed E-state index contributed by atoms with van der Waals surface area (Å²) in [5.74, 6) is -0.451. The van der Waals surface area contributed by atoms with Gasteiger partial charge in [-0.3, -0.25) is 4.79 Å². The highest BCUT2D eigenvalue weighted by atomic mass is 16.3. The monoisotopic (exact) mass is 269 g/mol. The third-order valence-electron chi connectivity index (χ3n) is 3.19. The first kappa shape index (κ1) is 12.7. The van der Waals surface area contributed by atoms with E-state index in [1.54, 1.807) is 12.1 Å². The number of para-hydroxylation sites is 1. The van der Waals surface area contributed by atoms with Crippen molar-refractivity contribution >= 4 is 33.5 Å². The maximum Gasteiger partial charge on any atom is 0.255 e. The summed E-state index contributed by atoms with van der Waals surface area (Å²) in [6.45, 7) is 2.89. The van der Waals surface area contributed by atoms with E-state index in [0.717, 1.165) is 16.4 Å². The van der Waals surface area contributed by atoms with Gasteiger partial charge in [0.1, 0.15) is 16.8 Å². The Labute approximate surface area is 116 Å². The molecular weight excluding hydrogens is 254 g/mol. The third-order valence-corrected chi connectivity index (χ3v) is 3.19. The maximum absolute atomic E-state index is 11.8. The molecule has 0 spiro atoms. The Bertz CT molecular complexity index is 796. The van der Waals surface area contributed by atoms with E-state index in [1.807, 2.05) is 30.3 Å². The molecular formula is C16H15NO3. The van der Waals surface area contributed by atoms with Crippen LogP contribution in [0.25, 0.3) is 21.9 Å². The Balaban J connectivity index is 2.03. The SMILES string of the molecule is CC(C)(O)C(=O)Nc1ccc2c(c1)oc1ccccc12. The lowest BCUT2D eigenvalue weighted by Crippen LogP contribution is -2.36. The highest BCUT2D eigenvalue weighted by molar-refractivity contribution is 6.06. The van der Waals surface area contributed by atoms with Crippen LogP contribution in [0.2, 0.25) is 0 Å². The van der Waals surface area contributed by atoms with Gasteiger partial charge in [-0.1, -0.05) is 18.2 Å². The van der Waals surface area contributed by atoms with Crippen LogP contribution in [0.15, 0.2) is 46.9 Å². The number of benzene rings is 2.